The van der Waals surface area contributed by atoms with E-state index in [1.807, 2.05) is 12.1 Å². The molecule has 0 atom stereocenters. The van der Waals surface area contributed by atoms with Crippen LogP contribution in [0.15, 0.2) is 42.6 Å². The molecule has 10 nitrogen and oxygen atoms in total. The fourth-order valence-corrected chi connectivity index (χ4v) is 4.51. The summed E-state index contributed by atoms with van der Waals surface area (Å²) in [5, 5.41) is 18.5. The van der Waals surface area contributed by atoms with E-state index >= 15 is 0 Å². The molecule has 0 spiro atoms. The van der Waals surface area contributed by atoms with E-state index in [-0.39, 0.29) is 29.0 Å². The number of nitrogens with two attached hydrogens (primary N) is 1. The summed E-state index contributed by atoms with van der Waals surface area (Å²) in [7, 11) is -1.11. The second-order valence-electron chi connectivity index (χ2n) is 7.49. The fraction of sp³-hybridized carbons (Fsp3) is 0.238. The lowest BCUT2D eigenvalue weighted by Crippen LogP contribution is -2.11. The van der Waals surface area contributed by atoms with Gasteiger partial charge in [-0.05, 0) is 44.5 Å². The van der Waals surface area contributed by atoms with Crippen molar-refractivity contribution in [2.24, 2.45) is 5.73 Å². The number of rotatable bonds is 9. The number of aromatic nitrogens is 2. The van der Waals surface area contributed by atoms with E-state index < -0.39 is 12.1 Å². The van der Waals surface area contributed by atoms with Crippen molar-refractivity contribution in [2.45, 2.75) is 6.42 Å². The van der Waals surface area contributed by atoms with Crippen LogP contribution in [-0.2, 0) is 11.0 Å². The summed E-state index contributed by atoms with van der Waals surface area (Å²) in [4.78, 5) is 19.6. The molecule has 0 aliphatic heterocycles. The van der Waals surface area contributed by atoms with Crippen molar-refractivity contribution in [3.63, 3.8) is 0 Å². The van der Waals surface area contributed by atoms with Crippen molar-refractivity contribution in [3.8, 4) is 5.75 Å². The molecule has 33 heavy (non-hydrogen) atoms. The van der Waals surface area contributed by atoms with Gasteiger partial charge < -0.3 is 25.7 Å². The molecule has 3 rings (SSSR count). The Morgan fingerprint density at radius 1 is 1.21 bits per heavy atom. The van der Waals surface area contributed by atoms with E-state index in [1.165, 1.54) is 19.4 Å². The summed E-state index contributed by atoms with van der Waals surface area (Å²) < 4.78 is 18.0. The monoisotopic (exact) mass is 490 g/mol. The molecule has 0 aliphatic rings. The molecular formula is C21H24ClN6O4P. The molecule has 0 saturated heterocycles. The Morgan fingerprint density at radius 2 is 1.94 bits per heavy atom. The number of para-hydroxylation sites is 1. The van der Waals surface area contributed by atoms with Crippen LogP contribution in [-0.4, -0.2) is 41.9 Å². The first-order valence-electron chi connectivity index (χ1n) is 9.90. The van der Waals surface area contributed by atoms with Crippen molar-refractivity contribution in [1.82, 2.24) is 9.97 Å². The standard InChI is InChI=1S/C21H24ClN6O4P/c1-32-18-10-13(8-9-23)17(28(29)30)11-16(18)26-21-24-12-14(22)20(27-21)25-15-6-4-5-7-19(15)33(2,3)31/h4-7,10-12H,8-9,23H2,1-3H3,(H2,24,25,26,27). The van der Waals surface area contributed by atoms with E-state index in [4.69, 9.17) is 22.1 Å². The van der Waals surface area contributed by atoms with Gasteiger partial charge in [-0.3, -0.25) is 10.1 Å². The minimum atomic E-state index is -2.56. The van der Waals surface area contributed by atoms with Gasteiger partial charge in [0, 0.05) is 16.9 Å². The average molecular weight is 491 g/mol. The normalized spacial score (nSPS) is 11.2. The zero-order valence-electron chi connectivity index (χ0n) is 18.3. The summed E-state index contributed by atoms with van der Waals surface area (Å²) >= 11 is 6.29. The van der Waals surface area contributed by atoms with Gasteiger partial charge in [-0.15, -0.1) is 0 Å². The van der Waals surface area contributed by atoms with E-state index in [2.05, 4.69) is 20.6 Å². The first-order chi connectivity index (χ1) is 15.6. The number of nitro groups is 1. The summed E-state index contributed by atoms with van der Waals surface area (Å²) in [5.74, 6) is 0.790. The quantitative estimate of drug-likeness (QED) is 0.227. The van der Waals surface area contributed by atoms with Gasteiger partial charge in [-0.2, -0.15) is 4.98 Å². The summed E-state index contributed by atoms with van der Waals surface area (Å²) in [6.45, 7) is 3.61. The third-order valence-corrected chi connectivity index (χ3v) is 6.57. The molecule has 1 aromatic heterocycles. The molecule has 1 heterocycles. The maximum Gasteiger partial charge on any atom is 0.274 e. The SMILES string of the molecule is COc1cc(CCN)c([N+](=O)[O-])cc1Nc1ncc(Cl)c(Nc2ccccc2P(C)(C)=O)n1. The Bertz CT molecular complexity index is 1230. The molecule has 2 aromatic carbocycles. The van der Waals surface area contributed by atoms with Crippen molar-refractivity contribution in [3.05, 3.63) is 63.3 Å². The Hall–Kier alpha value is -3.20. The van der Waals surface area contributed by atoms with Gasteiger partial charge in [0.1, 0.15) is 17.9 Å². The number of nitro benzene ring substituents is 1. The molecule has 4 N–H and O–H groups in total. The van der Waals surface area contributed by atoms with Crippen LogP contribution in [0.2, 0.25) is 5.02 Å². The predicted octanol–water partition coefficient (Wildman–Crippen LogP) is 4.28. The molecule has 0 amide bonds. The number of nitrogens with one attached hydrogen (secondary N) is 2. The molecule has 0 fully saturated rings. The topological polar surface area (TPSA) is 145 Å². The predicted molar refractivity (Wildman–Crippen MR) is 132 cm³/mol. The van der Waals surface area contributed by atoms with E-state index in [0.717, 1.165) is 0 Å². The van der Waals surface area contributed by atoms with Crippen molar-refractivity contribution >= 4 is 52.9 Å². The summed E-state index contributed by atoms with van der Waals surface area (Å²) in [5.41, 5.74) is 6.87. The zero-order valence-corrected chi connectivity index (χ0v) is 20.0. The van der Waals surface area contributed by atoms with Crippen LogP contribution in [0.4, 0.5) is 28.8 Å². The largest absolute Gasteiger partial charge is 0.495 e. The van der Waals surface area contributed by atoms with Gasteiger partial charge in [0.25, 0.3) is 5.69 Å². The van der Waals surface area contributed by atoms with E-state index in [1.54, 1.807) is 31.5 Å². The number of hydrogen-bond acceptors (Lipinski definition) is 9. The molecule has 174 valence electrons. The molecule has 0 saturated carbocycles. The van der Waals surface area contributed by atoms with Crippen LogP contribution in [0.3, 0.4) is 0 Å². The van der Waals surface area contributed by atoms with Gasteiger partial charge in [0.2, 0.25) is 5.95 Å². The Kier molecular flexibility index (Phi) is 7.53. The van der Waals surface area contributed by atoms with Gasteiger partial charge in [-0.1, -0.05) is 23.7 Å². The second kappa shape index (κ2) is 10.2. The maximum atomic E-state index is 12.7. The molecule has 0 unspecified atom stereocenters. The number of ether oxygens (including phenoxy) is 1. The van der Waals surface area contributed by atoms with Gasteiger partial charge in [0.05, 0.1) is 29.6 Å². The molecule has 3 aromatic rings. The zero-order chi connectivity index (χ0) is 24.2. The number of benzene rings is 2. The average Bonchev–Trinajstić information content (AvgIpc) is 2.76. The molecule has 0 aliphatic carbocycles. The highest BCUT2D eigenvalue weighted by atomic mass is 35.5. The van der Waals surface area contributed by atoms with Crippen molar-refractivity contribution in [2.75, 3.05) is 37.6 Å². The van der Waals surface area contributed by atoms with Crippen LogP contribution in [0.1, 0.15) is 5.56 Å². The lowest BCUT2D eigenvalue weighted by atomic mass is 10.1. The number of halogens is 1. The number of hydrogen-bond donors (Lipinski definition) is 3. The van der Waals surface area contributed by atoms with E-state index in [9.17, 15) is 14.7 Å². The van der Waals surface area contributed by atoms with Gasteiger partial charge in [-0.25, -0.2) is 4.98 Å². The first kappa shape index (κ1) is 24.4. The van der Waals surface area contributed by atoms with Crippen molar-refractivity contribution in [1.29, 1.82) is 0 Å². The van der Waals surface area contributed by atoms with Gasteiger partial charge >= 0.3 is 0 Å². The van der Waals surface area contributed by atoms with Crippen LogP contribution in [0.5, 0.6) is 5.75 Å². The van der Waals surface area contributed by atoms with Crippen LogP contribution < -0.4 is 26.4 Å². The lowest BCUT2D eigenvalue weighted by molar-refractivity contribution is -0.385. The number of methoxy groups -OCH3 is 1. The lowest BCUT2D eigenvalue weighted by Gasteiger charge is -2.16. The third-order valence-electron chi connectivity index (χ3n) is 4.74. The highest BCUT2D eigenvalue weighted by Crippen LogP contribution is 2.39. The Labute approximate surface area is 196 Å². The van der Waals surface area contributed by atoms with E-state index in [0.29, 0.717) is 34.4 Å². The number of anilines is 4. The van der Waals surface area contributed by atoms with Gasteiger partial charge in [0.15, 0.2) is 5.82 Å². The van der Waals surface area contributed by atoms with Crippen LogP contribution >= 0.6 is 18.7 Å². The molecule has 0 radical (unpaired) electrons. The Morgan fingerprint density at radius 3 is 2.58 bits per heavy atom. The fourth-order valence-electron chi connectivity index (χ4n) is 3.21. The highest BCUT2D eigenvalue weighted by molar-refractivity contribution is 7.70. The molecule has 12 heteroatoms. The first-order valence-corrected chi connectivity index (χ1v) is 12.9. The molecule has 0 bridgehead atoms. The third kappa shape index (κ3) is 5.78. The highest BCUT2D eigenvalue weighted by Gasteiger charge is 2.20. The van der Waals surface area contributed by atoms with Crippen LogP contribution in [0, 0.1) is 10.1 Å². The maximum absolute atomic E-state index is 12.7. The molecular weight excluding hydrogens is 467 g/mol. The van der Waals surface area contributed by atoms with Crippen molar-refractivity contribution < 1.29 is 14.2 Å². The summed E-state index contributed by atoms with van der Waals surface area (Å²) in [6.07, 6.45) is 1.72. The second-order valence-corrected chi connectivity index (χ2v) is 11.1. The smallest absolute Gasteiger partial charge is 0.274 e. The number of nitrogens with zero attached hydrogens (tertiary/aromatic N) is 3. The minimum absolute atomic E-state index is 0.0911. The Balaban J connectivity index is 1.98. The van der Waals surface area contributed by atoms with Crippen LogP contribution in [0.25, 0.3) is 0 Å². The summed E-state index contributed by atoms with van der Waals surface area (Å²) in [6, 6.07) is 10.1. The minimum Gasteiger partial charge on any atom is -0.495 e.